The number of ether oxygens (including phenoxy) is 1. The van der Waals surface area contributed by atoms with Crippen LogP contribution in [-0.2, 0) is 24.2 Å². The molecule has 0 amide bonds. The monoisotopic (exact) mass is 494 g/mol. The van der Waals surface area contributed by atoms with Crippen molar-refractivity contribution in [2.45, 2.75) is 65.6 Å². The minimum atomic E-state index is 0. The molecule has 2 rings (SSSR count). The second-order valence-corrected chi connectivity index (χ2v) is 7.85. The van der Waals surface area contributed by atoms with Crippen LogP contribution in [0.1, 0.15) is 45.9 Å². The molecule has 1 unspecified atom stereocenters. The molecule has 0 aliphatic carbocycles. The number of aryl methyl sites for hydroxylation is 2. The van der Waals surface area contributed by atoms with Gasteiger partial charge in [0.2, 0.25) is 0 Å². The molecular formula is C18H35IN6O2. The molecule has 1 aromatic heterocycles. The number of hydrogen-bond donors (Lipinski definition) is 2. The van der Waals surface area contributed by atoms with Crippen molar-refractivity contribution in [3.8, 4) is 0 Å². The highest BCUT2D eigenvalue weighted by Gasteiger charge is 2.24. The van der Waals surface area contributed by atoms with Crippen LogP contribution in [0.3, 0.4) is 0 Å². The Hall–Kier alpha value is -1.10. The number of hydrogen-bond acceptors (Lipinski definition) is 4. The Kier molecular flexibility index (Phi) is 9.78. The summed E-state index contributed by atoms with van der Waals surface area (Å²) in [6, 6.07) is 0. The maximum absolute atomic E-state index is 12.3. The van der Waals surface area contributed by atoms with E-state index in [0.717, 1.165) is 50.6 Å². The third kappa shape index (κ3) is 6.78. The molecule has 0 saturated heterocycles. The van der Waals surface area contributed by atoms with Crippen LogP contribution in [0, 0.1) is 5.41 Å². The number of methoxy groups -OCH3 is 1. The van der Waals surface area contributed by atoms with Crippen LogP contribution in [0.15, 0.2) is 9.79 Å². The van der Waals surface area contributed by atoms with Crippen LogP contribution in [0.2, 0.25) is 0 Å². The summed E-state index contributed by atoms with van der Waals surface area (Å²) in [7, 11) is 3.48. The van der Waals surface area contributed by atoms with E-state index < -0.39 is 0 Å². The Morgan fingerprint density at radius 1 is 1.33 bits per heavy atom. The Bertz CT molecular complexity index is 662. The van der Waals surface area contributed by atoms with Crippen molar-refractivity contribution in [3.05, 3.63) is 16.3 Å². The van der Waals surface area contributed by atoms with Gasteiger partial charge in [0.05, 0.1) is 6.10 Å². The molecule has 1 aromatic rings. The van der Waals surface area contributed by atoms with E-state index in [-0.39, 0.29) is 41.2 Å². The molecule has 0 bridgehead atoms. The molecule has 8 nitrogen and oxygen atoms in total. The lowest BCUT2D eigenvalue weighted by Gasteiger charge is -2.30. The summed E-state index contributed by atoms with van der Waals surface area (Å²) in [6.07, 6.45) is 4.00. The zero-order valence-electron chi connectivity index (χ0n) is 17.2. The van der Waals surface area contributed by atoms with Crippen LogP contribution in [0.25, 0.3) is 0 Å². The van der Waals surface area contributed by atoms with E-state index in [1.165, 1.54) is 0 Å². The minimum Gasteiger partial charge on any atom is -0.379 e. The molecule has 0 radical (unpaired) electrons. The predicted molar refractivity (Wildman–Crippen MR) is 119 cm³/mol. The molecule has 0 fully saturated rings. The van der Waals surface area contributed by atoms with Crippen molar-refractivity contribution in [1.29, 1.82) is 0 Å². The summed E-state index contributed by atoms with van der Waals surface area (Å²) < 4.78 is 8.96. The molecule has 0 saturated carbocycles. The van der Waals surface area contributed by atoms with Gasteiger partial charge in [0.15, 0.2) is 5.96 Å². The molecule has 1 aliphatic heterocycles. The number of nitrogens with zero attached hydrogens (tertiary/aromatic N) is 4. The van der Waals surface area contributed by atoms with Crippen LogP contribution in [-0.4, -0.2) is 53.7 Å². The van der Waals surface area contributed by atoms with Crippen LogP contribution in [0.5, 0.6) is 0 Å². The second-order valence-electron chi connectivity index (χ2n) is 7.85. The lowest BCUT2D eigenvalue weighted by molar-refractivity contribution is 0.0205. The highest BCUT2D eigenvalue weighted by Crippen LogP contribution is 2.20. The number of guanidine groups is 1. The van der Waals surface area contributed by atoms with E-state index in [1.54, 1.807) is 18.8 Å². The van der Waals surface area contributed by atoms with Crippen molar-refractivity contribution < 1.29 is 4.74 Å². The summed E-state index contributed by atoms with van der Waals surface area (Å²) in [5, 5.41) is 11.0. The molecule has 9 heteroatoms. The van der Waals surface area contributed by atoms with Gasteiger partial charge in [-0.1, -0.05) is 20.8 Å². The summed E-state index contributed by atoms with van der Waals surface area (Å²) in [5.74, 6) is 1.67. The normalized spacial score (nSPS) is 15.7. The zero-order valence-corrected chi connectivity index (χ0v) is 19.6. The third-order valence-corrected chi connectivity index (χ3v) is 4.80. The second kappa shape index (κ2) is 11.0. The summed E-state index contributed by atoms with van der Waals surface area (Å²) in [5.41, 5.74) is 0.0810. The quantitative estimate of drug-likeness (QED) is 0.261. The van der Waals surface area contributed by atoms with Gasteiger partial charge in [-0.05, 0) is 24.7 Å². The summed E-state index contributed by atoms with van der Waals surface area (Å²) >= 11 is 0. The third-order valence-electron chi connectivity index (χ3n) is 4.80. The molecule has 2 N–H and O–H groups in total. The first kappa shape index (κ1) is 23.9. The minimum absolute atomic E-state index is 0. The lowest BCUT2D eigenvalue weighted by Crippen LogP contribution is -2.45. The Morgan fingerprint density at radius 3 is 2.67 bits per heavy atom. The molecule has 0 spiro atoms. The lowest BCUT2D eigenvalue weighted by atomic mass is 9.89. The van der Waals surface area contributed by atoms with Gasteiger partial charge in [-0.15, -0.1) is 24.0 Å². The first-order valence-corrected chi connectivity index (χ1v) is 9.50. The summed E-state index contributed by atoms with van der Waals surface area (Å²) in [6.45, 7) is 9.29. The van der Waals surface area contributed by atoms with Gasteiger partial charge in [0, 0.05) is 46.8 Å². The van der Waals surface area contributed by atoms with Gasteiger partial charge in [-0.2, -0.15) is 5.10 Å². The van der Waals surface area contributed by atoms with E-state index in [9.17, 15) is 4.79 Å². The topological polar surface area (TPSA) is 85.5 Å². The Morgan fingerprint density at radius 2 is 2.07 bits per heavy atom. The predicted octanol–water partition coefficient (Wildman–Crippen LogP) is 1.62. The molecule has 2 heterocycles. The van der Waals surface area contributed by atoms with E-state index in [2.05, 4.69) is 41.5 Å². The van der Waals surface area contributed by atoms with Crippen molar-refractivity contribution in [2.24, 2.45) is 10.4 Å². The number of aromatic nitrogens is 3. The standard InChI is InChI=1S/C18H34N6O2.HI/c1-18(2,3)14(26-5)13-21-16(19-4)20-10-8-12-24-17(25)23-11-7-6-9-15(23)22-24;/h14H,6-13H2,1-5H3,(H2,19,20,21);1H. The zero-order chi connectivity index (χ0) is 19.2. The Balaban J connectivity index is 0.00000364. The highest BCUT2D eigenvalue weighted by atomic mass is 127. The van der Waals surface area contributed by atoms with Gasteiger partial charge in [0.25, 0.3) is 0 Å². The van der Waals surface area contributed by atoms with Crippen LogP contribution >= 0.6 is 24.0 Å². The number of nitrogens with one attached hydrogen (secondary N) is 2. The van der Waals surface area contributed by atoms with E-state index in [0.29, 0.717) is 13.1 Å². The molecule has 27 heavy (non-hydrogen) atoms. The molecular weight excluding hydrogens is 459 g/mol. The van der Waals surface area contributed by atoms with Gasteiger partial charge >= 0.3 is 5.69 Å². The summed E-state index contributed by atoms with van der Waals surface area (Å²) in [4.78, 5) is 16.5. The van der Waals surface area contributed by atoms with Gasteiger partial charge in [-0.3, -0.25) is 9.56 Å². The Labute approximate surface area is 179 Å². The van der Waals surface area contributed by atoms with E-state index >= 15 is 0 Å². The van der Waals surface area contributed by atoms with Crippen molar-refractivity contribution in [2.75, 3.05) is 27.2 Å². The first-order valence-electron chi connectivity index (χ1n) is 9.50. The number of fused-ring (bicyclic) bond motifs is 1. The molecule has 1 aliphatic rings. The van der Waals surface area contributed by atoms with Gasteiger partial charge in [-0.25, -0.2) is 9.48 Å². The maximum Gasteiger partial charge on any atom is 0.345 e. The largest absolute Gasteiger partial charge is 0.379 e. The maximum atomic E-state index is 12.3. The van der Waals surface area contributed by atoms with Gasteiger partial charge in [0.1, 0.15) is 5.82 Å². The number of halogens is 1. The van der Waals surface area contributed by atoms with E-state index in [4.69, 9.17) is 4.74 Å². The molecule has 156 valence electrons. The van der Waals surface area contributed by atoms with Crippen LogP contribution in [0.4, 0.5) is 0 Å². The fraction of sp³-hybridized carbons (Fsp3) is 0.833. The SMILES string of the molecule is CN=C(NCCCn1nc2n(c1=O)CCCC2)NCC(OC)C(C)(C)C.I. The number of rotatable bonds is 7. The molecule has 0 aromatic carbocycles. The van der Waals surface area contributed by atoms with E-state index in [1.807, 2.05) is 4.57 Å². The van der Waals surface area contributed by atoms with Crippen molar-refractivity contribution >= 4 is 29.9 Å². The fourth-order valence-electron chi connectivity index (χ4n) is 3.18. The van der Waals surface area contributed by atoms with Crippen molar-refractivity contribution in [1.82, 2.24) is 25.0 Å². The van der Waals surface area contributed by atoms with Crippen LogP contribution < -0.4 is 16.3 Å². The average Bonchev–Trinajstić information content (AvgIpc) is 2.92. The first-order chi connectivity index (χ1) is 12.4. The van der Waals surface area contributed by atoms with Crippen molar-refractivity contribution in [3.63, 3.8) is 0 Å². The van der Waals surface area contributed by atoms with Gasteiger partial charge < -0.3 is 15.4 Å². The smallest absolute Gasteiger partial charge is 0.345 e. The number of aliphatic imine (C=N–C) groups is 1. The highest BCUT2D eigenvalue weighted by molar-refractivity contribution is 14.0. The fourth-order valence-corrected chi connectivity index (χ4v) is 3.18. The average molecular weight is 494 g/mol. The molecule has 1 atom stereocenters.